The second-order valence-corrected chi connectivity index (χ2v) is 3.63. The number of aliphatic hydroxyl groups excluding tert-OH is 1. The summed E-state index contributed by atoms with van der Waals surface area (Å²) in [6, 6.07) is 3.77. The Bertz CT molecular complexity index is 258. The number of hydrogen-bond acceptors (Lipinski definition) is 2. The molecule has 2 rings (SSSR count). The first-order valence-corrected chi connectivity index (χ1v) is 4.74. The van der Waals surface area contributed by atoms with Crippen LogP contribution in [-0.4, -0.2) is 22.3 Å². The van der Waals surface area contributed by atoms with E-state index < -0.39 is 6.10 Å². The van der Waals surface area contributed by atoms with Crippen molar-refractivity contribution < 1.29 is 9.84 Å². The number of aromatic nitrogens is 1. The highest BCUT2D eigenvalue weighted by Gasteiger charge is 2.29. The fraction of sp³-hybridized carbons (Fsp3) is 0.600. The number of ether oxygens (including phenoxy) is 1. The molecule has 0 radical (unpaired) electrons. The van der Waals surface area contributed by atoms with Crippen LogP contribution < -0.4 is 0 Å². The van der Waals surface area contributed by atoms with Crippen molar-refractivity contribution in [3.05, 3.63) is 24.0 Å². The van der Waals surface area contributed by atoms with Gasteiger partial charge in [0.1, 0.15) is 6.10 Å². The number of nitrogens with one attached hydrogen (secondary N) is 1. The third kappa shape index (κ3) is 1.76. The summed E-state index contributed by atoms with van der Waals surface area (Å²) >= 11 is 0. The van der Waals surface area contributed by atoms with E-state index in [1.807, 2.05) is 25.3 Å². The molecule has 1 aromatic rings. The molecule has 2 N–H and O–H groups in total. The SMILES string of the molecule is CC1CCC(C(O)c2ccc[nH]2)O1. The molecule has 3 nitrogen and oxygen atoms in total. The second kappa shape index (κ2) is 3.52. The van der Waals surface area contributed by atoms with Gasteiger partial charge >= 0.3 is 0 Å². The lowest BCUT2D eigenvalue weighted by Gasteiger charge is -2.16. The molecule has 1 aromatic heterocycles. The summed E-state index contributed by atoms with van der Waals surface area (Å²) in [4.78, 5) is 3.00. The van der Waals surface area contributed by atoms with E-state index in [1.165, 1.54) is 0 Å². The Kier molecular flexibility index (Phi) is 2.38. The van der Waals surface area contributed by atoms with Crippen molar-refractivity contribution in [1.29, 1.82) is 0 Å². The Morgan fingerprint density at radius 1 is 1.62 bits per heavy atom. The number of hydrogen-bond donors (Lipinski definition) is 2. The predicted molar refractivity (Wildman–Crippen MR) is 49.3 cm³/mol. The molecule has 3 unspecified atom stereocenters. The average molecular weight is 181 g/mol. The summed E-state index contributed by atoms with van der Waals surface area (Å²) in [7, 11) is 0. The van der Waals surface area contributed by atoms with Gasteiger partial charge in [0.25, 0.3) is 0 Å². The maximum absolute atomic E-state index is 9.87. The molecule has 3 atom stereocenters. The van der Waals surface area contributed by atoms with E-state index in [2.05, 4.69) is 4.98 Å². The van der Waals surface area contributed by atoms with Crippen molar-refractivity contribution >= 4 is 0 Å². The van der Waals surface area contributed by atoms with E-state index in [0.717, 1.165) is 18.5 Å². The highest BCUT2D eigenvalue weighted by atomic mass is 16.5. The van der Waals surface area contributed by atoms with Crippen molar-refractivity contribution in [1.82, 2.24) is 4.98 Å². The molecule has 0 saturated carbocycles. The number of rotatable bonds is 2. The Morgan fingerprint density at radius 3 is 3.00 bits per heavy atom. The van der Waals surface area contributed by atoms with E-state index >= 15 is 0 Å². The zero-order valence-electron chi connectivity index (χ0n) is 7.73. The van der Waals surface area contributed by atoms with Gasteiger partial charge in [0, 0.05) is 11.9 Å². The van der Waals surface area contributed by atoms with Crippen LogP contribution in [0.3, 0.4) is 0 Å². The van der Waals surface area contributed by atoms with Crippen LogP contribution in [0.1, 0.15) is 31.6 Å². The van der Waals surface area contributed by atoms with Crippen LogP contribution in [0.15, 0.2) is 18.3 Å². The lowest BCUT2D eigenvalue weighted by atomic mass is 10.1. The fourth-order valence-corrected chi connectivity index (χ4v) is 1.79. The van der Waals surface area contributed by atoms with Gasteiger partial charge in [0.2, 0.25) is 0 Å². The maximum Gasteiger partial charge on any atom is 0.120 e. The topological polar surface area (TPSA) is 45.2 Å². The standard InChI is InChI=1S/C10H15NO2/c1-7-4-5-9(13-7)10(12)8-3-2-6-11-8/h2-3,6-7,9-12H,4-5H2,1H3. The first-order chi connectivity index (χ1) is 6.27. The van der Waals surface area contributed by atoms with Crippen molar-refractivity contribution in [3.63, 3.8) is 0 Å². The van der Waals surface area contributed by atoms with Gasteiger partial charge in [-0.05, 0) is 31.9 Å². The van der Waals surface area contributed by atoms with Crippen LogP contribution in [0.5, 0.6) is 0 Å². The molecule has 0 spiro atoms. The minimum Gasteiger partial charge on any atom is -0.384 e. The van der Waals surface area contributed by atoms with Crippen molar-refractivity contribution in [2.45, 2.75) is 38.1 Å². The highest BCUT2D eigenvalue weighted by molar-refractivity contribution is 5.09. The van der Waals surface area contributed by atoms with Crippen LogP contribution in [-0.2, 0) is 4.74 Å². The van der Waals surface area contributed by atoms with Crippen LogP contribution in [0.2, 0.25) is 0 Å². The van der Waals surface area contributed by atoms with Crippen LogP contribution in [0, 0.1) is 0 Å². The second-order valence-electron chi connectivity index (χ2n) is 3.63. The summed E-state index contributed by atoms with van der Waals surface area (Å²) in [6.45, 7) is 2.04. The number of aromatic amines is 1. The van der Waals surface area contributed by atoms with Crippen molar-refractivity contribution in [2.24, 2.45) is 0 Å². The predicted octanol–water partition coefficient (Wildman–Crippen LogP) is 1.62. The Hall–Kier alpha value is -0.800. The van der Waals surface area contributed by atoms with Gasteiger partial charge in [0.15, 0.2) is 0 Å². The summed E-state index contributed by atoms with van der Waals surface area (Å²) in [5, 5.41) is 9.87. The zero-order valence-corrected chi connectivity index (χ0v) is 7.73. The molecule has 3 heteroatoms. The van der Waals surface area contributed by atoms with Crippen LogP contribution in [0.4, 0.5) is 0 Å². The Morgan fingerprint density at radius 2 is 2.46 bits per heavy atom. The van der Waals surface area contributed by atoms with Gasteiger partial charge < -0.3 is 14.8 Å². The molecular formula is C10H15NO2. The van der Waals surface area contributed by atoms with Crippen molar-refractivity contribution in [2.75, 3.05) is 0 Å². The Labute approximate surface area is 77.7 Å². The quantitative estimate of drug-likeness (QED) is 0.728. The van der Waals surface area contributed by atoms with Gasteiger partial charge in [0.05, 0.1) is 12.2 Å². The van der Waals surface area contributed by atoms with Gasteiger partial charge in [-0.1, -0.05) is 0 Å². The third-order valence-electron chi connectivity index (χ3n) is 2.56. The molecular weight excluding hydrogens is 166 g/mol. The Balaban J connectivity index is 2.02. The lowest BCUT2D eigenvalue weighted by Crippen LogP contribution is -2.18. The molecule has 13 heavy (non-hydrogen) atoms. The summed E-state index contributed by atoms with van der Waals surface area (Å²) in [6.07, 6.45) is 3.56. The van der Waals surface area contributed by atoms with Gasteiger partial charge in [-0.15, -0.1) is 0 Å². The maximum atomic E-state index is 9.87. The molecule has 0 aromatic carbocycles. The normalized spacial score (nSPS) is 30.6. The molecule has 1 saturated heterocycles. The van der Waals surface area contributed by atoms with Crippen molar-refractivity contribution in [3.8, 4) is 0 Å². The van der Waals surface area contributed by atoms with E-state index in [-0.39, 0.29) is 12.2 Å². The number of H-pyrrole nitrogens is 1. The monoisotopic (exact) mass is 181 g/mol. The first-order valence-electron chi connectivity index (χ1n) is 4.74. The smallest absolute Gasteiger partial charge is 0.120 e. The molecule has 1 fully saturated rings. The molecule has 0 amide bonds. The van der Waals surface area contributed by atoms with Crippen LogP contribution >= 0.6 is 0 Å². The largest absolute Gasteiger partial charge is 0.384 e. The zero-order chi connectivity index (χ0) is 9.26. The summed E-state index contributed by atoms with van der Waals surface area (Å²) in [5.41, 5.74) is 0.846. The van der Waals surface area contributed by atoms with Gasteiger partial charge in [-0.25, -0.2) is 0 Å². The minimum atomic E-state index is -0.500. The highest BCUT2D eigenvalue weighted by Crippen LogP contribution is 2.28. The summed E-state index contributed by atoms with van der Waals surface area (Å²) < 4.78 is 5.58. The third-order valence-corrected chi connectivity index (χ3v) is 2.56. The molecule has 0 bridgehead atoms. The molecule has 2 heterocycles. The first kappa shape index (κ1) is 8.78. The number of aliphatic hydroxyl groups is 1. The van der Waals surface area contributed by atoms with E-state index in [4.69, 9.17) is 4.74 Å². The average Bonchev–Trinajstić information content (AvgIpc) is 2.72. The molecule has 1 aliphatic heterocycles. The fourth-order valence-electron chi connectivity index (χ4n) is 1.79. The van der Waals surface area contributed by atoms with E-state index in [9.17, 15) is 5.11 Å². The molecule has 0 aliphatic carbocycles. The molecule has 72 valence electrons. The lowest BCUT2D eigenvalue weighted by molar-refractivity contribution is -0.0312. The van der Waals surface area contributed by atoms with E-state index in [0.29, 0.717) is 0 Å². The molecule has 1 aliphatic rings. The summed E-state index contributed by atoms with van der Waals surface area (Å²) in [5.74, 6) is 0. The van der Waals surface area contributed by atoms with E-state index in [1.54, 1.807) is 0 Å². The van der Waals surface area contributed by atoms with Crippen LogP contribution in [0.25, 0.3) is 0 Å². The van der Waals surface area contributed by atoms with Gasteiger partial charge in [-0.2, -0.15) is 0 Å². The van der Waals surface area contributed by atoms with Gasteiger partial charge in [-0.3, -0.25) is 0 Å². The minimum absolute atomic E-state index is 0.0337.